The molecule has 1 aromatic rings. The predicted octanol–water partition coefficient (Wildman–Crippen LogP) is 4.26. The van der Waals surface area contributed by atoms with Crippen LogP contribution in [0.25, 0.3) is 0 Å². The second kappa shape index (κ2) is 4.74. The normalized spacial score (nSPS) is 12.4. The Morgan fingerprint density at radius 1 is 0.824 bits per heavy atom. The molecular formula is C12H21O3Si2. The summed E-state index contributed by atoms with van der Waals surface area (Å²) in [6, 6.07) is 5.25. The molecule has 0 heterocycles. The molecule has 0 N–H and O–H groups in total. The SMILES string of the molecule is C[Si](C)(C)Oc1cccc(O[Si](C)(C)C)c1[O]. The molecule has 0 aliphatic carbocycles. The lowest BCUT2D eigenvalue weighted by Crippen LogP contribution is -2.30. The van der Waals surface area contributed by atoms with Crippen LogP contribution < -0.4 is 8.85 Å². The van der Waals surface area contributed by atoms with E-state index in [-0.39, 0.29) is 5.75 Å². The van der Waals surface area contributed by atoms with Crippen LogP contribution in [0.2, 0.25) is 39.3 Å². The molecule has 0 fully saturated rings. The van der Waals surface area contributed by atoms with Crippen molar-refractivity contribution in [3.8, 4) is 17.2 Å². The molecule has 1 rings (SSSR count). The zero-order chi connectivity index (χ0) is 13.3. The lowest BCUT2D eigenvalue weighted by Gasteiger charge is -2.23. The lowest BCUT2D eigenvalue weighted by molar-refractivity contribution is 0.321. The van der Waals surface area contributed by atoms with Crippen molar-refractivity contribution in [1.29, 1.82) is 0 Å². The monoisotopic (exact) mass is 269 g/mol. The van der Waals surface area contributed by atoms with Crippen molar-refractivity contribution in [3.05, 3.63) is 18.2 Å². The van der Waals surface area contributed by atoms with Crippen LogP contribution in [-0.4, -0.2) is 16.6 Å². The standard InChI is InChI=1S/C12H21O3Si2/c1-16(2,3)14-10-8-7-9-11(12(10)13)15-17(4,5)6/h7-9H,1-6H3. The molecule has 1 aromatic carbocycles. The fourth-order valence-corrected chi connectivity index (χ4v) is 2.96. The zero-order valence-corrected chi connectivity index (χ0v) is 13.5. The Morgan fingerprint density at radius 3 is 1.47 bits per heavy atom. The average Bonchev–Trinajstić information content (AvgIpc) is 2.07. The summed E-state index contributed by atoms with van der Waals surface area (Å²) < 4.78 is 11.5. The number of para-hydroxylation sites is 1. The van der Waals surface area contributed by atoms with Gasteiger partial charge >= 0.3 is 0 Å². The summed E-state index contributed by atoms with van der Waals surface area (Å²) in [6.07, 6.45) is 0. The third-order valence-electron chi connectivity index (χ3n) is 1.78. The van der Waals surface area contributed by atoms with Gasteiger partial charge in [0.2, 0.25) is 16.6 Å². The first-order valence-corrected chi connectivity index (χ1v) is 12.6. The molecule has 0 spiro atoms. The zero-order valence-electron chi connectivity index (χ0n) is 11.5. The van der Waals surface area contributed by atoms with Crippen LogP contribution in [0.4, 0.5) is 0 Å². The lowest BCUT2D eigenvalue weighted by atomic mass is 10.3. The van der Waals surface area contributed by atoms with E-state index in [1.807, 2.05) is 6.07 Å². The highest BCUT2D eigenvalue weighted by atomic mass is 28.4. The summed E-state index contributed by atoms with van der Waals surface area (Å²) in [6.45, 7) is 12.3. The quantitative estimate of drug-likeness (QED) is 0.766. The number of benzene rings is 1. The maximum Gasteiger partial charge on any atom is 0.259 e. The van der Waals surface area contributed by atoms with Crippen molar-refractivity contribution in [2.75, 3.05) is 0 Å². The Hall–Kier alpha value is -0.946. The van der Waals surface area contributed by atoms with E-state index < -0.39 is 16.6 Å². The first kappa shape index (κ1) is 14.1. The molecule has 0 saturated heterocycles. The fraction of sp³-hybridized carbons (Fsp3) is 0.500. The van der Waals surface area contributed by atoms with Crippen molar-refractivity contribution in [2.45, 2.75) is 39.3 Å². The Balaban J connectivity index is 3.00. The van der Waals surface area contributed by atoms with Gasteiger partial charge in [0.1, 0.15) is 0 Å². The van der Waals surface area contributed by atoms with Gasteiger partial charge in [-0.2, -0.15) is 0 Å². The van der Waals surface area contributed by atoms with Gasteiger partial charge in [-0.3, -0.25) is 5.11 Å². The highest BCUT2D eigenvalue weighted by molar-refractivity contribution is 6.71. The number of rotatable bonds is 4. The fourth-order valence-electron chi connectivity index (χ4n) is 1.32. The summed E-state index contributed by atoms with van der Waals surface area (Å²) >= 11 is 0. The molecular weight excluding hydrogens is 248 g/mol. The molecule has 0 aromatic heterocycles. The molecule has 95 valence electrons. The van der Waals surface area contributed by atoms with E-state index >= 15 is 0 Å². The summed E-state index contributed by atoms with van der Waals surface area (Å²) in [5, 5.41) is 12.1. The van der Waals surface area contributed by atoms with Gasteiger partial charge in [-0.25, -0.2) is 0 Å². The molecule has 0 atom stereocenters. The van der Waals surface area contributed by atoms with E-state index in [1.54, 1.807) is 12.1 Å². The summed E-state index contributed by atoms with van der Waals surface area (Å²) in [7, 11) is -3.51. The van der Waals surface area contributed by atoms with Crippen molar-refractivity contribution in [1.82, 2.24) is 0 Å². The van der Waals surface area contributed by atoms with E-state index in [4.69, 9.17) is 8.85 Å². The molecule has 3 nitrogen and oxygen atoms in total. The summed E-state index contributed by atoms with van der Waals surface area (Å²) in [5.41, 5.74) is 0. The molecule has 0 bridgehead atoms. The van der Waals surface area contributed by atoms with Gasteiger partial charge in [0.15, 0.2) is 11.5 Å². The van der Waals surface area contributed by atoms with Gasteiger partial charge in [0.05, 0.1) is 0 Å². The molecule has 1 radical (unpaired) electrons. The minimum absolute atomic E-state index is 0.127. The van der Waals surface area contributed by atoms with Crippen LogP contribution in [0.5, 0.6) is 17.2 Å². The maximum absolute atomic E-state index is 12.1. The van der Waals surface area contributed by atoms with Crippen LogP contribution in [0.15, 0.2) is 18.2 Å². The number of hydrogen-bond donors (Lipinski definition) is 0. The second-order valence-corrected chi connectivity index (χ2v) is 14.9. The van der Waals surface area contributed by atoms with E-state index in [9.17, 15) is 5.11 Å². The molecule has 0 saturated carbocycles. The smallest absolute Gasteiger partial charge is 0.259 e. The minimum Gasteiger partial charge on any atom is -0.542 e. The van der Waals surface area contributed by atoms with Crippen LogP contribution in [0.1, 0.15) is 0 Å². The first-order chi connectivity index (χ1) is 7.58. The Kier molecular flexibility index (Phi) is 3.93. The van der Waals surface area contributed by atoms with Crippen LogP contribution >= 0.6 is 0 Å². The molecule has 0 unspecified atom stereocenters. The molecule has 0 amide bonds. The Labute approximate surface area is 106 Å². The van der Waals surface area contributed by atoms with Gasteiger partial charge in [0, 0.05) is 0 Å². The topological polar surface area (TPSA) is 38.4 Å². The molecule has 0 aliphatic rings. The largest absolute Gasteiger partial charge is 0.542 e. The van der Waals surface area contributed by atoms with Crippen molar-refractivity contribution < 1.29 is 14.0 Å². The van der Waals surface area contributed by atoms with E-state index in [2.05, 4.69) is 39.3 Å². The molecule has 17 heavy (non-hydrogen) atoms. The first-order valence-electron chi connectivity index (χ1n) is 5.76. The number of hydrogen-bond acceptors (Lipinski definition) is 2. The van der Waals surface area contributed by atoms with Crippen molar-refractivity contribution >= 4 is 16.6 Å². The van der Waals surface area contributed by atoms with Gasteiger partial charge < -0.3 is 8.85 Å². The minimum atomic E-state index is -1.76. The highest BCUT2D eigenvalue weighted by Gasteiger charge is 2.23. The van der Waals surface area contributed by atoms with Gasteiger partial charge in [0.25, 0.3) is 5.75 Å². The van der Waals surface area contributed by atoms with Gasteiger partial charge in [-0.15, -0.1) is 0 Å². The van der Waals surface area contributed by atoms with Gasteiger partial charge in [-0.05, 0) is 51.4 Å². The van der Waals surface area contributed by atoms with Crippen molar-refractivity contribution in [2.24, 2.45) is 0 Å². The van der Waals surface area contributed by atoms with Crippen LogP contribution in [0, 0.1) is 0 Å². The third kappa shape index (κ3) is 4.83. The van der Waals surface area contributed by atoms with E-state index in [0.29, 0.717) is 11.5 Å². The molecule has 0 aliphatic heterocycles. The predicted molar refractivity (Wildman–Crippen MR) is 74.5 cm³/mol. The summed E-state index contributed by atoms with van der Waals surface area (Å²) in [5.74, 6) is 0.706. The Bertz CT molecular complexity index is 357. The third-order valence-corrected chi connectivity index (χ3v) is 3.44. The molecule has 5 heteroatoms. The summed E-state index contributed by atoms with van der Waals surface area (Å²) in [4.78, 5) is 0. The maximum atomic E-state index is 12.1. The van der Waals surface area contributed by atoms with E-state index in [1.165, 1.54) is 0 Å². The highest BCUT2D eigenvalue weighted by Crippen LogP contribution is 2.38. The van der Waals surface area contributed by atoms with Crippen molar-refractivity contribution in [3.63, 3.8) is 0 Å². The van der Waals surface area contributed by atoms with Crippen LogP contribution in [-0.2, 0) is 5.11 Å². The second-order valence-electron chi connectivity index (χ2n) is 6.01. The average molecular weight is 269 g/mol. The van der Waals surface area contributed by atoms with E-state index in [0.717, 1.165) is 0 Å². The van der Waals surface area contributed by atoms with Gasteiger partial charge in [-0.1, -0.05) is 6.07 Å². The van der Waals surface area contributed by atoms with Crippen LogP contribution in [0.3, 0.4) is 0 Å². The Morgan fingerprint density at radius 2 is 1.18 bits per heavy atom.